The normalized spacial score (nSPS) is 14.0. The summed E-state index contributed by atoms with van der Waals surface area (Å²) in [6.07, 6.45) is 1.42. The molecule has 2 unspecified atom stereocenters. The molecular weight excluding hydrogens is 592 g/mol. The van der Waals surface area contributed by atoms with E-state index in [0.717, 1.165) is 23.0 Å². The van der Waals surface area contributed by atoms with Crippen LogP contribution in [0.2, 0.25) is 0 Å². The summed E-state index contributed by atoms with van der Waals surface area (Å²) in [5, 5.41) is 0. The van der Waals surface area contributed by atoms with Gasteiger partial charge in [-0.15, -0.1) is 0 Å². The second-order valence-corrected chi connectivity index (χ2v) is 12.4. The molecule has 0 radical (unpaired) electrons. The van der Waals surface area contributed by atoms with Crippen molar-refractivity contribution in [3.05, 3.63) is 0 Å². The van der Waals surface area contributed by atoms with Gasteiger partial charge in [-0.2, -0.15) is 23.5 Å². The number of carbonyl (C=O) groups is 4. The van der Waals surface area contributed by atoms with Gasteiger partial charge in [-0.3, -0.25) is 19.2 Å². The van der Waals surface area contributed by atoms with Gasteiger partial charge in [0.15, 0.2) is 0 Å². The van der Waals surface area contributed by atoms with Crippen molar-refractivity contribution in [2.75, 3.05) is 103 Å². The number of rotatable bonds is 27. The number of ether oxygens (including phenoxy) is 8. The molecule has 0 saturated heterocycles. The maximum atomic E-state index is 12.4. The first kappa shape index (κ1) is 40.4. The lowest BCUT2D eigenvalue weighted by molar-refractivity contribution is -0.167. The highest BCUT2D eigenvalue weighted by molar-refractivity contribution is 7.99. The van der Waals surface area contributed by atoms with Gasteiger partial charge in [-0.25, -0.2) is 0 Å². The monoisotopic (exact) mass is 642 g/mol. The maximum absolute atomic E-state index is 12.4. The molecule has 0 aromatic rings. The summed E-state index contributed by atoms with van der Waals surface area (Å²) in [5.41, 5.74) is -2.05. The van der Waals surface area contributed by atoms with E-state index in [-0.39, 0.29) is 39.6 Å². The Balaban J connectivity index is 3.66. The summed E-state index contributed by atoms with van der Waals surface area (Å²) in [6, 6.07) is 0. The Morgan fingerprint density at radius 3 is 1.24 bits per heavy atom. The lowest BCUT2D eigenvalue weighted by Crippen LogP contribution is -2.39. The topological polar surface area (TPSA) is 142 Å². The van der Waals surface area contributed by atoms with Crippen LogP contribution in [0.25, 0.3) is 0 Å². The van der Waals surface area contributed by atoms with Crippen LogP contribution >= 0.6 is 23.5 Å². The van der Waals surface area contributed by atoms with Gasteiger partial charge in [0, 0.05) is 39.6 Å². The second-order valence-electron chi connectivity index (χ2n) is 9.98. The zero-order chi connectivity index (χ0) is 31.7. The highest BCUT2D eigenvalue weighted by Gasteiger charge is 2.37. The van der Waals surface area contributed by atoms with Crippen molar-refractivity contribution in [1.29, 1.82) is 0 Å². The van der Waals surface area contributed by atoms with Crippen molar-refractivity contribution >= 4 is 47.4 Å². The van der Waals surface area contributed by atoms with E-state index < -0.39 is 34.7 Å². The minimum absolute atomic E-state index is 0.0832. The highest BCUT2D eigenvalue weighted by Crippen LogP contribution is 2.21. The summed E-state index contributed by atoms with van der Waals surface area (Å²) >= 11 is 3.43. The Morgan fingerprint density at radius 2 is 0.905 bits per heavy atom. The van der Waals surface area contributed by atoms with Gasteiger partial charge in [-0.1, -0.05) is 0 Å². The first-order valence-electron chi connectivity index (χ1n) is 13.9. The van der Waals surface area contributed by atoms with Crippen LogP contribution in [0.3, 0.4) is 0 Å². The van der Waals surface area contributed by atoms with Crippen LogP contribution in [0.4, 0.5) is 0 Å². The molecule has 0 rings (SSSR count). The Labute approximate surface area is 258 Å². The number of methoxy groups -OCH3 is 2. The third-order valence-corrected chi connectivity index (χ3v) is 7.61. The average Bonchev–Trinajstić information content (AvgIpc) is 2.94. The van der Waals surface area contributed by atoms with Gasteiger partial charge in [0.05, 0.1) is 52.9 Å². The molecule has 0 saturated carbocycles. The molecule has 0 bridgehead atoms. The number of hydrogen-bond donors (Lipinski definition) is 0. The molecule has 246 valence electrons. The summed E-state index contributed by atoms with van der Waals surface area (Å²) in [5.74, 6) is 1.51. The predicted molar refractivity (Wildman–Crippen MR) is 161 cm³/mol. The molecule has 12 nitrogen and oxygen atoms in total. The molecular formula is C28H50O12S2. The van der Waals surface area contributed by atoms with Gasteiger partial charge >= 0.3 is 23.9 Å². The minimum Gasteiger partial charge on any atom is -0.465 e. The maximum Gasteiger partial charge on any atom is 0.317 e. The van der Waals surface area contributed by atoms with Crippen LogP contribution in [0.15, 0.2) is 0 Å². The summed E-state index contributed by atoms with van der Waals surface area (Å²) < 4.78 is 42.0. The highest BCUT2D eigenvalue weighted by atomic mass is 32.2. The lowest BCUT2D eigenvalue weighted by atomic mass is 9.93. The first-order chi connectivity index (χ1) is 20.0. The minimum atomic E-state index is -1.03. The zero-order valence-corrected chi connectivity index (χ0v) is 27.7. The molecule has 42 heavy (non-hydrogen) atoms. The predicted octanol–water partition coefficient (Wildman–Crippen LogP) is 2.78. The standard InChI is InChI=1S/C28H50O12S2/c1-23(29)39-21-27(3,19-33-5)25(31)37-9-7-15-41-17-13-35-11-12-36-14-18-42-16-8-10-38-26(32)28(4,20-34-6)22-40-24(2)30/h7-22H2,1-6H3. The smallest absolute Gasteiger partial charge is 0.317 e. The number of hydrogen-bond acceptors (Lipinski definition) is 14. The SMILES string of the molecule is COCC(C)(COC(C)=O)C(=O)OCCCSCCOCCOCCSCCCOC(=O)C(C)(COC)COC(C)=O. The Hall–Kier alpha value is -1.58. The van der Waals surface area contributed by atoms with E-state index in [1.807, 2.05) is 0 Å². The van der Waals surface area contributed by atoms with E-state index >= 15 is 0 Å². The van der Waals surface area contributed by atoms with Crippen molar-refractivity contribution in [3.8, 4) is 0 Å². The fourth-order valence-electron chi connectivity index (χ4n) is 3.24. The third kappa shape index (κ3) is 20.3. The fraction of sp³-hybridized carbons (Fsp3) is 0.857. The number of carbonyl (C=O) groups excluding carboxylic acids is 4. The molecule has 0 heterocycles. The summed E-state index contributed by atoms with van der Waals surface area (Å²) in [7, 11) is 2.96. The van der Waals surface area contributed by atoms with Crippen LogP contribution in [-0.2, 0) is 57.1 Å². The average molecular weight is 643 g/mol. The Bertz CT molecular complexity index is 707. The molecule has 0 spiro atoms. The second kappa shape index (κ2) is 24.8. The van der Waals surface area contributed by atoms with Crippen LogP contribution in [-0.4, -0.2) is 127 Å². The van der Waals surface area contributed by atoms with Crippen LogP contribution in [0.5, 0.6) is 0 Å². The molecule has 0 fully saturated rings. The van der Waals surface area contributed by atoms with Gasteiger partial charge in [0.25, 0.3) is 0 Å². The quantitative estimate of drug-likeness (QED) is 0.0736. The molecule has 0 aromatic carbocycles. The number of thioether (sulfide) groups is 2. The van der Waals surface area contributed by atoms with Gasteiger partial charge in [0.1, 0.15) is 24.0 Å². The van der Waals surface area contributed by atoms with E-state index in [0.29, 0.717) is 39.3 Å². The van der Waals surface area contributed by atoms with E-state index in [1.54, 1.807) is 37.4 Å². The number of esters is 4. The van der Waals surface area contributed by atoms with E-state index in [9.17, 15) is 19.2 Å². The first-order valence-corrected chi connectivity index (χ1v) is 16.2. The van der Waals surface area contributed by atoms with Crippen LogP contribution in [0.1, 0.15) is 40.5 Å². The molecule has 0 aliphatic rings. The van der Waals surface area contributed by atoms with Crippen molar-refractivity contribution in [1.82, 2.24) is 0 Å². The Kier molecular flexibility index (Phi) is 23.9. The lowest BCUT2D eigenvalue weighted by Gasteiger charge is -2.25. The van der Waals surface area contributed by atoms with Crippen molar-refractivity contribution in [3.63, 3.8) is 0 Å². The van der Waals surface area contributed by atoms with E-state index in [2.05, 4.69) is 0 Å². The molecule has 0 amide bonds. The molecule has 0 aliphatic carbocycles. The van der Waals surface area contributed by atoms with Crippen molar-refractivity contribution in [2.45, 2.75) is 40.5 Å². The molecule has 0 N–H and O–H groups in total. The third-order valence-electron chi connectivity index (χ3n) is 5.55. The molecule has 14 heteroatoms. The van der Waals surface area contributed by atoms with Crippen LogP contribution in [0, 0.1) is 10.8 Å². The Morgan fingerprint density at radius 1 is 0.524 bits per heavy atom. The zero-order valence-electron chi connectivity index (χ0n) is 26.0. The fourth-order valence-corrected chi connectivity index (χ4v) is 4.76. The molecule has 0 aromatic heterocycles. The van der Waals surface area contributed by atoms with E-state index in [1.165, 1.54) is 28.1 Å². The molecule has 2 atom stereocenters. The largest absolute Gasteiger partial charge is 0.465 e. The van der Waals surface area contributed by atoms with E-state index in [4.69, 9.17) is 37.9 Å². The van der Waals surface area contributed by atoms with Gasteiger partial charge < -0.3 is 37.9 Å². The van der Waals surface area contributed by atoms with Crippen molar-refractivity contribution < 1.29 is 57.1 Å². The summed E-state index contributed by atoms with van der Waals surface area (Å²) in [4.78, 5) is 46.9. The molecule has 0 aliphatic heterocycles. The summed E-state index contributed by atoms with van der Waals surface area (Å²) in [6.45, 7) is 8.75. The van der Waals surface area contributed by atoms with Crippen LogP contribution < -0.4 is 0 Å². The van der Waals surface area contributed by atoms with Crippen molar-refractivity contribution in [2.24, 2.45) is 10.8 Å². The van der Waals surface area contributed by atoms with Gasteiger partial charge in [0.2, 0.25) is 0 Å². The van der Waals surface area contributed by atoms with Gasteiger partial charge in [-0.05, 0) is 38.2 Å².